The second-order valence-electron chi connectivity index (χ2n) is 4.13. The fourth-order valence-electron chi connectivity index (χ4n) is 1.70. The standard InChI is InChI=1S/C10H14N6O2S/c1-6-4-7(2)14-10(13-6)15-19(17,18)9-8(11)12-5-16(9)3/h4-5H,11H2,1-3H3,(H,13,14,15). The van der Waals surface area contributed by atoms with E-state index in [4.69, 9.17) is 5.73 Å². The predicted octanol–water partition coefficient (Wildman–Crippen LogP) is 0.210. The smallest absolute Gasteiger partial charge is 0.283 e. The molecule has 2 aromatic heterocycles. The van der Waals surface area contributed by atoms with Gasteiger partial charge in [-0.15, -0.1) is 0 Å². The fourth-order valence-corrected chi connectivity index (χ4v) is 2.89. The van der Waals surface area contributed by atoms with E-state index in [1.165, 1.54) is 10.9 Å². The van der Waals surface area contributed by atoms with Gasteiger partial charge in [0.2, 0.25) is 5.95 Å². The molecule has 0 bridgehead atoms. The van der Waals surface area contributed by atoms with Crippen LogP contribution in [0.1, 0.15) is 11.4 Å². The molecule has 0 aliphatic carbocycles. The van der Waals surface area contributed by atoms with E-state index >= 15 is 0 Å². The molecule has 19 heavy (non-hydrogen) atoms. The highest BCUT2D eigenvalue weighted by molar-refractivity contribution is 7.92. The quantitative estimate of drug-likeness (QED) is 0.831. The lowest BCUT2D eigenvalue weighted by Crippen LogP contribution is -2.19. The van der Waals surface area contributed by atoms with Gasteiger partial charge in [0.15, 0.2) is 10.8 Å². The van der Waals surface area contributed by atoms with E-state index in [0.717, 1.165) is 0 Å². The number of aryl methyl sites for hydroxylation is 3. The van der Waals surface area contributed by atoms with Crippen molar-refractivity contribution in [3.63, 3.8) is 0 Å². The van der Waals surface area contributed by atoms with Crippen molar-refractivity contribution in [1.82, 2.24) is 19.5 Å². The summed E-state index contributed by atoms with van der Waals surface area (Å²) >= 11 is 0. The van der Waals surface area contributed by atoms with Crippen molar-refractivity contribution in [2.45, 2.75) is 18.9 Å². The molecule has 0 aromatic carbocycles. The largest absolute Gasteiger partial charge is 0.381 e. The van der Waals surface area contributed by atoms with Crippen LogP contribution >= 0.6 is 0 Å². The molecule has 102 valence electrons. The molecule has 8 nitrogen and oxygen atoms in total. The number of hydrogen-bond donors (Lipinski definition) is 2. The van der Waals surface area contributed by atoms with Gasteiger partial charge >= 0.3 is 0 Å². The maximum atomic E-state index is 12.2. The Kier molecular flexibility index (Phi) is 3.14. The van der Waals surface area contributed by atoms with E-state index in [1.807, 2.05) is 0 Å². The van der Waals surface area contributed by atoms with Gasteiger partial charge in [-0.1, -0.05) is 0 Å². The van der Waals surface area contributed by atoms with E-state index < -0.39 is 10.0 Å². The van der Waals surface area contributed by atoms with Crippen LogP contribution in [0, 0.1) is 13.8 Å². The van der Waals surface area contributed by atoms with Crippen LogP contribution in [-0.4, -0.2) is 27.9 Å². The zero-order chi connectivity index (χ0) is 14.2. The number of aromatic nitrogens is 4. The van der Waals surface area contributed by atoms with Crippen molar-refractivity contribution in [2.24, 2.45) is 7.05 Å². The summed E-state index contributed by atoms with van der Waals surface area (Å²) in [6.07, 6.45) is 1.33. The number of nitrogens with one attached hydrogen (secondary N) is 1. The molecular weight excluding hydrogens is 268 g/mol. The Balaban J connectivity index is 2.42. The van der Waals surface area contributed by atoms with Gasteiger partial charge in [-0.2, -0.15) is 8.42 Å². The Morgan fingerprint density at radius 1 is 1.26 bits per heavy atom. The minimum atomic E-state index is -3.86. The Morgan fingerprint density at radius 2 is 1.84 bits per heavy atom. The highest BCUT2D eigenvalue weighted by Gasteiger charge is 2.23. The number of nitrogens with zero attached hydrogens (tertiary/aromatic N) is 4. The van der Waals surface area contributed by atoms with E-state index in [0.29, 0.717) is 11.4 Å². The van der Waals surface area contributed by atoms with E-state index in [-0.39, 0.29) is 16.8 Å². The first-order valence-corrected chi connectivity index (χ1v) is 6.90. The summed E-state index contributed by atoms with van der Waals surface area (Å²) in [5.41, 5.74) is 6.89. The number of imidazole rings is 1. The van der Waals surface area contributed by atoms with Crippen LogP contribution < -0.4 is 10.5 Å². The lowest BCUT2D eigenvalue weighted by Gasteiger charge is -2.08. The van der Waals surface area contributed by atoms with Gasteiger partial charge in [-0.25, -0.2) is 19.7 Å². The van der Waals surface area contributed by atoms with Gasteiger partial charge in [-0.3, -0.25) is 0 Å². The fraction of sp³-hybridized carbons (Fsp3) is 0.300. The van der Waals surface area contributed by atoms with Crippen LogP contribution in [0.25, 0.3) is 0 Å². The summed E-state index contributed by atoms with van der Waals surface area (Å²) in [7, 11) is -2.32. The van der Waals surface area contributed by atoms with Gasteiger partial charge in [0.25, 0.3) is 10.0 Å². The maximum absolute atomic E-state index is 12.2. The van der Waals surface area contributed by atoms with Crippen molar-refractivity contribution in [1.29, 1.82) is 0 Å². The average Bonchev–Trinajstić information content (AvgIpc) is 2.56. The average molecular weight is 282 g/mol. The minimum Gasteiger partial charge on any atom is -0.381 e. The van der Waals surface area contributed by atoms with Crippen LogP contribution in [-0.2, 0) is 17.1 Å². The van der Waals surface area contributed by atoms with Crippen LogP contribution in [0.2, 0.25) is 0 Å². The number of rotatable bonds is 3. The molecule has 0 fully saturated rings. The molecule has 2 heterocycles. The third-order valence-corrected chi connectivity index (χ3v) is 3.83. The molecule has 0 saturated heterocycles. The van der Waals surface area contributed by atoms with Gasteiger partial charge in [0.1, 0.15) is 0 Å². The Labute approximate surface area is 110 Å². The van der Waals surface area contributed by atoms with Crippen LogP contribution in [0.3, 0.4) is 0 Å². The summed E-state index contributed by atoms with van der Waals surface area (Å²) in [5, 5.41) is -0.116. The number of sulfonamides is 1. The van der Waals surface area contributed by atoms with Crippen molar-refractivity contribution >= 4 is 21.8 Å². The predicted molar refractivity (Wildman–Crippen MR) is 69.9 cm³/mol. The minimum absolute atomic E-state index is 0.0121. The normalized spacial score (nSPS) is 11.5. The topological polar surface area (TPSA) is 116 Å². The van der Waals surface area contributed by atoms with Crippen molar-refractivity contribution in [2.75, 3.05) is 10.5 Å². The first kappa shape index (κ1) is 13.3. The van der Waals surface area contributed by atoms with Gasteiger partial charge in [0.05, 0.1) is 6.33 Å². The summed E-state index contributed by atoms with van der Waals surface area (Å²) in [4.78, 5) is 11.8. The van der Waals surface area contributed by atoms with E-state index in [1.54, 1.807) is 27.0 Å². The second-order valence-corrected chi connectivity index (χ2v) is 5.72. The molecule has 0 aliphatic rings. The lowest BCUT2D eigenvalue weighted by molar-refractivity contribution is 0.591. The van der Waals surface area contributed by atoms with Crippen LogP contribution in [0.15, 0.2) is 17.4 Å². The zero-order valence-corrected chi connectivity index (χ0v) is 11.6. The van der Waals surface area contributed by atoms with Gasteiger partial charge in [-0.05, 0) is 19.9 Å². The molecule has 0 atom stereocenters. The second kappa shape index (κ2) is 4.50. The van der Waals surface area contributed by atoms with Crippen molar-refractivity contribution in [3.8, 4) is 0 Å². The SMILES string of the molecule is Cc1cc(C)nc(NS(=O)(=O)c2c(N)ncn2C)n1. The molecule has 2 aromatic rings. The van der Waals surface area contributed by atoms with Gasteiger partial charge in [0, 0.05) is 18.4 Å². The molecule has 0 amide bonds. The molecule has 0 spiro atoms. The Bertz CT molecular complexity index is 682. The monoisotopic (exact) mass is 282 g/mol. The number of anilines is 2. The highest BCUT2D eigenvalue weighted by Crippen LogP contribution is 2.18. The van der Waals surface area contributed by atoms with Crippen molar-refractivity contribution in [3.05, 3.63) is 23.8 Å². The molecule has 0 aliphatic heterocycles. The van der Waals surface area contributed by atoms with Crippen LogP contribution in [0.5, 0.6) is 0 Å². The Morgan fingerprint density at radius 3 is 2.32 bits per heavy atom. The maximum Gasteiger partial charge on any atom is 0.283 e. The number of nitrogens with two attached hydrogens (primary N) is 1. The van der Waals surface area contributed by atoms with Crippen molar-refractivity contribution < 1.29 is 8.42 Å². The summed E-state index contributed by atoms with van der Waals surface area (Å²) in [6, 6.07) is 1.75. The molecule has 2 rings (SSSR count). The first-order valence-electron chi connectivity index (χ1n) is 5.41. The van der Waals surface area contributed by atoms with Gasteiger partial charge < -0.3 is 10.3 Å². The molecule has 0 radical (unpaired) electrons. The summed E-state index contributed by atoms with van der Waals surface area (Å²) in [5.74, 6) is -0.0579. The molecule has 3 N–H and O–H groups in total. The number of nitrogen functional groups attached to an aromatic ring is 1. The zero-order valence-electron chi connectivity index (χ0n) is 10.7. The molecular formula is C10H14N6O2S. The van der Waals surface area contributed by atoms with Crippen LogP contribution in [0.4, 0.5) is 11.8 Å². The summed E-state index contributed by atoms with van der Waals surface area (Å²) in [6.45, 7) is 3.51. The first-order chi connectivity index (χ1) is 8.79. The highest BCUT2D eigenvalue weighted by atomic mass is 32.2. The summed E-state index contributed by atoms with van der Waals surface area (Å²) < 4.78 is 28.0. The molecule has 0 unspecified atom stereocenters. The molecule has 9 heteroatoms. The molecule has 0 saturated carbocycles. The lowest BCUT2D eigenvalue weighted by atomic mass is 10.4. The third kappa shape index (κ3) is 2.65. The van der Waals surface area contributed by atoms with E-state index in [9.17, 15) is 8.42 Å². The third-order valence-electron chi connectivity index (χ3n) is 2.37. The number of hydrogen-bond acceptors (Lipinski definition) is 6. The van der Waals surface area contributed by atoms with E-state index in [2.05, 4.69) is 19.7 Å². The Hall–Kier alpha value is -2.16.